The molecule has 3 aromatic carbocycles. The van der Waals surface area contributed by atoms with Crippen LogP contribution in [0.25, 0.3) is 0 Å². The highest BCUT2D eigenvalue weighted by molar-refractivity contribution is 7.99. The minimum absolute atomic E-state index is 0.133. The Kier molecular flexibility index (Phi) is 9.80. The summed E-state index contributed by atoms with van der Waals surface area (Å²) in [5.41, 5.74) is 0.802. The van der Waals surface area contributed by atoms with Crippen molar-refractivity contribution < 1.29 is 19.2 Å². The van der Waals surface area contributed by atoms with Crippen molar-refractivity contribution in [1.82, 2.24) is 0 Å². The van der Waals surface area contributed by atoms with Crippen LogP contribution in [0, 0.1) is 0 Å². The van der Waals surface area contributed by atoms with E-state index in [1.807, 2.05) is 42.5 Å². The maximum atomic E-state index is 13.1. The molecule has 0 aliphatic carbocycles. The van der Waals surface area contributed by atoms with E-state index in [2.05, 4.69) is 12.1 Å². The van der Waals surface area contributed by atoms with Crippen molar-refractivity contribution in [1.29, 1.82) is 0 Å². The van der Waals surface area contributed by atoms with Gasteiger partial charge in [-0.25, -0.2) is 4.79 Å². The summed E-state index contributed by atoms with van der Waals surface area (Å²) in [4.78, 5) is 44.6. The topological polar surface area (TPSA) is 72.8 Å². The Labute approximate surface area is 204 Å². The number of rotatable bonds is 12. The molecule has 0 bridgehead atoms. The number of hydrogen-bond donors (Lipinski definition) is 0. The van der Waals surface area contributed by atoms with Crippen molar-refractivity contribution in [2.75, 3.05) is 0 Å². The monoisotopic (exact) mass is 473 g/mol. The largest absolute Gasteiger partial charge is 0.405 e. The number of ketones is 2. The summed E-state index contributed by atoms with van der Waals surface area (Å²) >= 11 is 1.60. The average Bonchev–Trinajstić information content (AvgIpc) is 2.89. The number of benzene rings is 3. The Hall–Kier alpha value is -3.51. The van der Waals surface area contributed by atoms with Crippen LogP contribution >= 0.6 is 11.8 Å². The summed E-state index contributed by atoms with van der Waals surface area (Å²) in [5.74, 6) is -2.23. The van der Waals surface area contributed by atoms with E-state index in [1.54, 1.807) is 42.1 Å². The maximum absolute atomic E-state index is 13.1. The third-order valence-corrected chi connectivity index (χ3v) is 6.10. The molecule has 3 rings (SSSR count). The zero-order valence-corrected chi connectivity index (χ0v) is 19.9. The second-order valence-electron chi connectivity index (χ2n) is 7.69. The van der Waals surface area contributed by atoms with E-state index in [0.717, 1.165) is 35.5 Å². The Balaban J connectivity index is 1.71. The van der Waals surface area contributed by atoms with Crippen molar-refractivity contribution in [3.8, 4) is 0 Å². The molecule has 0 N–H and O–H groups in total. The Morgan fingerprint density at radius 1 is 0.706 bits per heavy atom. The minimum Gasteiger partial charge on any atom is -0.309 e. The molecule has 34 heavy (non-hydrogen) atoms. The molecule has 0 saturated carbocycles. The van der Waals surface area contributed by atoms with Gasteiger partial charge in [-0.05, 0) is 49.2 Å². The van der Waals surface area contributed by atoms with Crippen LogP contribution < -0.4 is 0 Å². The highest BCUT2D eigenvalue weighted by Crippen LogP contribution is 2.27. The van der Waals surface area contributed by atoms with Gasteiger partial charge in [0.15, 0.2) is 0 Å². The van der Waals surface area contributed by atoms with Crippen LogP contribution in [0.5, 0.6) is 0 Å². The van der Waals surface area contributed by atoms with Crippen molar-refractivity contribution in [3.63, 3.8) is 0 Å². The quantitative estimate of drug-likeness (QED) is 0.0724. The second kappa shape index (κ2) is 13.3. The van der Waals surface area contributed by atoms with Crippen LogP contribution in [0.3, 0.4) is 0 Å². The highest BCUT2D eigenvalue weighted by atomic mass is 32.2. The van der Waals surface area contributed by atoms with E-state index in [4.69, 9.17) is 4.84 Å². The van der Waals surface area contributed by atoms with E-state index in [-0.39, 0.29) is 17.1 Å². The van der Waals surface area contributed by atoms with E-state index in [9.17, 15) is 14.4 Å². The van der Waals surface area contributed by atoms with Gasteiger partial charge < -0.3 is 4.84 Å². The Bertz CT molecular complexity index is 1130. The standard InChI is InChI=1S/C28H27NO4S/c1-2-3-4-11-16-25(29-33-28(32)27(31)21-12-7-5-8-13-21)26(30)22-17-19-24(20-18-22)34-23-14-9-6-10-15-23/h5-10,12-15,17-20H,2-4,11,16H2,1H3/b29-25+. The lowest BCUT2D eigenvalue weighted by Crippen LogP contribution is -2.19. The fraction of sp³-hybridized carbons (Fsp3) is 0.214. The third kappa shape index (κ3) is 7.52. The number of carbonyl (C=O) groups is 3. The van der Waals surface area contributed by atoms with Gasteiger partial charge in [0, 0.05) is 20.9 Å². The van der Waals surface area contributed by atoms with Gasteiger partial charge in [-0.1, -0.05) is 91.6 Å². The van der Waals surface area contributed by atoms with Gasteiger partial charge in [0.05, 0.1) is 0 Å². The molecule has 0 heterocycles. The molecule has 0 amide bonds. The minimum atomic E-state index is -1.11. The van der Waals surface area contributed by atoms with Crippen LogP contribution in [-0.4, -0.2) is 23.2 Å². The number of oxime groups is 1. The molecule has 0 aromatic heterocycles. The lowest BCUT2D eigenvalue weighted by Gasteiger charge is -2.07. The highest BCUT2D eigenvalue weighted by Gasteiger charge is 2.20. The zero-order valence-electron chi connectivity index (χ0n) is 19.1. The molecule has 0 radical (unpaired) electrons. The first-order valence-electron chi connectivity index (χ1n) is 11.3. The van der Waals surface area contributed by atoms with Crippen LogP contribution in [0.1, 0.15) is 59.7 Å². The summed E-state index contributed by atoms with van der Waals surface area (Å²) in [6.45, 7) is 2.10. The SMILES string of the molecule is CCCCCC/C(=N\OC(=O)C(=O)c1ccccc1)C(=O)c1ccc(Sc2ccccc2)cc1. The predicted octanol–water partition coefficient (Wildman–Crippen LogP) is 6.77. The molecule has 3 aromatic rings. The number of nitrogens with zero attached hydrogens (tertiary/aromatic N) is 1. The summed E-state index contributed by atoms with van der Waals surface area (Å²) in [7, 11) is 0. The van der Waals surface area contributed by atoms with Crippen molar-refractivity contribution in [2.45, 2.75) is 48.8 Å². The molecule has 0 aliphatic heterocycles. The molecule has 0 saturated heterocycles. The third-order valence-electron chi connectivity index (χ3n) is 5.08. The van der Waals surface area contributed by atoms with Crippen molar-refractivity contribution in [3.05, 3.63) is 96.1 Å². The molecule has 0 aliphatic rings. The summed E-state index contributed by atoms with van der Waals surface area (Å²) in [6, 6.07) is 25.3. The summed E-state index contributed by atoms with van der Waals surface area (Å²) < 4.78 is 0. The molecule has 0 atom stereocenters. The number of hydrogen-bond acceptors (Lipinski definition) is 6. The zero-order chi connectivity index (χ0) is 24.2. The summed E-state index contributed by atoms with van der Waals surface area (Å²) in [6.07, 6.45) is 4.14. The fourth-order valence-corrected chi connectivity index (χ4v) is 4.07. The average molecular weight is 474 g/mol. The van der Waals surface area contributed by atoms with Crippen LogP contribution in [0.2, 0.25) is 0 Å². The van der Waals surface area contributed by atoms with Crippen LogP contribution in [-0.2, 0) is 9.63 Å². The van der Waals surface area contributed by atoms with Crippen LogP contribution in [0.4, 0.5) is 0 Å². The van der Waals surface area contributed by atoms with Gasteiger partial charge in [-0.3, -0.25) is 9.59 Å². The first-order valence-corrected chi connectivity index (χ1v) is 12.2. The second-order valence-corrected chi connectivity index (χ2v) is 8.84. The molecule has 0 spiro atoms. The molecule has 5 nitrogen and oxygen atoms in total. The summed E-state index contributed by atoms with van der Waals surface area (Å²) in [5, 5.41) is 3.83. The van der Waals surface area contributed by atoms with Crippen LogP contribution in [0.15, 0.2) is 99.9 Å². The first-order chi connectivity index (χ1) is 16.6. The van der Waals surface area contributed by atoms with Crippen molar-refractivity contribution >= 4 is 35.0 Å². The fourth-order valence-electron chi connectivity index (χ4n) is 3.23. The Morgan fingerprint density at radius 2 is 1.29 bits per heavy atom. The number of Topliss-reactive ketones (excluding diaryl/α,β-unsaturated/α-hetero) is 2. The number of unbranched alkanes of at least 4 members (excludes halogenated alkanes) is 3. The molecule has 0 fully saturated rings. The molecule has 174 valence electrons. The molecule has 0 unspecified atom stereocenters. The molecular formula is C28H27NO4S. The van der Waals surface area contributed by atoms with Crippen molar-refractivity contribution in [2.24, 2.45) is 5.16 Å². The van der Waals surface area contributed by atoms with Gasteiger partial charge in [-0.15, -0.1) is 0 Å². The van der Waals surface area contributed by atoms with Gasteiger partial charge >= 0.3 is 5.97 Å². The number of carbonyl (C=O) groups excluding carboxylic acids is 3. The maximum Gasteiger partial charge on any atom is 0.405 e. The van der Waals surface area contributed by atoms with E-state index >= 15 is 0 Å². The lowest BCUT2D eigenvalue weighted by atomic mass is 10.0. The van der Waals surface area contributed by atoms with Gasteiger partial charge in [-0.2, -0.15) is 0 Å². The van der Waals surface area contributed by atoms with Gasteiger partial charge in [0.1, 0.15) is 5.71 Å². The van der Waals surface area contributed by atoms with E-state index in [1.165, 1.54) is 12.1 Å². The van der Waals surface area contributed by atoms with Gasteiger partial charge in [0.25, 0.3) is 5.78 Å². The smallest absolute Gasteiger partial charge is 0.309 e. The predicted molar refractivity (Wildman–Crippen MR) is 134 cm³/mol. The molecular weight excluding hydrogens is 446 g/mol. The Morgan fingerprint density at radius 3 is 1.94 bits per heavy atom. The van der Waals surface area contributed by atoms with Gasteiger partial charge in [0.2, 0.25) is 5.78 Å². The molecule has 6 heteroatoms. The normalized spacial score (nSPS) is 11.1. The lowest BCUT2D eigenvalue weighted by molar-refractivity contribution is -0.138. The van der Waals surface area contributed by atoms with E-state index < -0.39 is 11.8 Å². The first kappa shape index (κ1) is 25.1. The van der Waals surface area contributed by atoms with E-state index in [0.29, 0.717) is 12.0 Å².